The number of nitrogens with one attached hydrogen (secondary N) is 1. The largest absolute Gasteiger partial charge is 0.489 e. The lowest BCUT2D eigenvalue weighted by molar-refractivity contribution is -0.384. The first-order chi connectivity index (χ1) is 13.0. The first kappa shape index (κ1) is 18.8. The molecule has 0 saturated heterocycles. The van der Waals surface area contributed by atoms with Crippen LogP contribution in [0.25, 0.3) is 0 Å². The Morgan fingerprint density at radius 2 is 2.04 bits per heavy atom. The van der Waals surface area contributed by atoms with Crippen LogP contribution in [0.3, 0.4) is 0 Å². The third kappa shape index (κ3) is 5.00. The molecule has 0 radical (unpaired) electrons. The number of anilines is 1. The molecular formula is C19H14IN3O4. The predicted molar refractivity (Wildman–Crippen MR) is 109 cm³/mol. The van der Waals surface area contributed by atoms with Crippen molar-refractivity contribution in [2.45, 2.75) is 6.61 Å². The molecule has 1 aromatic heterocycles. The highest BCUT2D eigenvalue weighted by Crippen LogP contribution is 2.23. The molecule has 1 amide bonds. The second-order valence-electron chi connectivity index (χ2n) is 5.55. The minimum Gasteiger partial charge on any atom is -0.489 e. The number of rotatable bonds is 6. The number of aromatic nitrogens is 1. The number of pyridine rings is 1. The fraction of sp³-hybridized carbons (Fsp3) is 0.0526. The summed E-state index contributed by atoms with van der Waals surface area (Å²) >= 11 is 1.97. The molecule has 0 aliphatic carbocycles. The second-order valence-corrected chi connectivity index (χ2v) is 6.72. The number of non-ortho nitro benzene ring substituents is 1. The molecule has 7 nitrogen and oxygen atoms in total. The first-order valence-electron chi connectivity index (χ1n) is 7.90. The average molecular weight is 475 g/mol. The molecule has 2 aromatic carbocycles. The molecule has 1 heterocycles. The number of hydrogen-bond acceptors (Lipinski definition) is 5. The maximum absolute atomic E-state index is 12.5. The molecule has 8 heteroatoms. The van der Waals surface area contributed by atoms with Gasteiger partial charge in [0.05, 0.1) is 10.5 Å². The molecule has 0 fully saturated rings. The SMILES string of the molecule is O=C(Nc1cccc(OCc2cccnc2)c1)c1cc([N+](=O)[O-])ccc1I. The van der Waals surface area contributed by atoms with Gasteiger partial charge < -0.3 is 10.1 Å². The van der Waals surface area contributed by atoms with Crippen molar-refractivity contribution in [3.63, 3.8) is 0 Å². The van der Waals surface area contributed by atoms with Crippen molar-refractivity contribution < 1.29 is 14.5 Å². The molecule has 0 unspecified atom stereocenters. The molecule has 0 atom stereocenters. The van der Waals surface area contributed by atoms with Crippen molar-refractivity contribution in [3.8, 4) is 5.75 Å². The van der Waals surface area contributed by atoms with Gasteiger partial charge in [0.15, 0.2) is 0 Å². The van der Waals surface area contributed by atoms with E-state index in [1.54, 1.807) is 42.7 Å². The molecule has 0 saturated carbocycles. The molecule has 0 aliphatic heterocycles. The van der Waals surface area contributed by atoms with Gasteiger partial charge in [-0.25, -0.2) is 0 Å². The number of halogens is 1. The van der Waals surface area contributed by atoms with E-state index in [1.165, 1.54) is 12.1 Å². The van der Waals surface area contributed by atoms with Crippen LogP contribution in [0.4, 0.5) is 11.4 Å². The minimum absolute atomic E-state index is 0.130. The molecule has 27 heavy (non-hydrogen) atoms. The maximum Gasteiger partial charge on any atom is 0.270 e. The summed E-state index contributed by atoms with van der Waals surface area (Å²) in [6.07, 6.45) is 3.41. The van der Waals surface area contributed by atoms with Gasteiger partial charge in [-0.3, -0.25) is 19.9 Å². The van der Waals surface area contributed by atoms with Gasteiger partial charge in [0.25, 0.3) is 11.6 Å². The second kappa shape index (κ2) is 8.58. The fourth-order valence-corrected chi connectivity index (χ4v) is 2.89. The topological polar surface area (TPSA) is 94.4 Å². The van der Waals surface area contributed by atoms with Crippen LogP contribution >= 0.6 is 22.6 Å². The Morgan fingerprint density at radius 3 is 2.78 bits per heavy atom. The zero-order valence-corrected chi connectivity index (χ0v) is 16.1. The molecule has 0 aliphatic rings. The van der Waals surface area contributed by atoms with Gasteiger partial charge in [-0.15, -0.1) is 0 Å². The van der Waals surface area contributed by atoms with E-state index in [-0.39, 0.29) is 11.3 Å². The molecular weight excluding hydrogens is 461 g/mol. The smallest absolute Gasteiger partial charge is 0.270 e. The van der Waals surface area contributed by atoms with E-state index >= 15 is 0 Å². The average Bonchev–Trinajstić information content (AvgIpc) is 2.67. The Labute approximate surface area is 168 Å². The number of benzene rings is 2. The van der Waals surface area contributed by atoms with Crippen LogP contribution in [-0.4, -0.2) is 15.8 Å². The van der Waals surface area contributed by atoms with Gasteiger partial charge >= 0.3 is 0 Å². The number of amides is 1. The summed E-state index contributed by atoms with van der Waals surface area (Å²) in [6.45, 7) is 0.355. The number of ether oxygens (including phenoxy) is 1. The van der Waals surface area contributed by atoms with Crippen LogP contribution < -0.4 is 10.1 Å². The summed E-state index contributed by atoms with van der Waals surface area (Å²) in [5.41, 5.74) is 1.57. The molecule has 0 spiro atoms. The van der Waals surface area contributed by atoms with Gasteiger partial charge in [0.2, 0.25) is 0 Å². The lowest BCUT2D eigenvalue weighted by Gasteiger charge is -2.10. The first-order valence-corrected chi connectivity index (χ1v) is 8.98. The summed E-state index contributed by atoms with van der Waals surface area (Å²) < 4.78 is 6.34. The standard InChI is InChI=1S/C19H14IN3O4/c20-18-7-6-15(23(25)26)10-17(18)19(24)22-14-4-1-5-16(9-14)27-12-13-3-2-8-21-11-13/h1-11H,12H2,(H,22,24). The Morgan fingerprint density at radius 1 is 1.19 bits per heavy atom. The Hall–Kier alpha value is -3.01. The van der Waals surface area contributed by atoms with Gasteiger partial charge in [0.1, 0.15) is 12.4 Å². The van der Waals surface area contributed by atoms with Crippen molar-refractivity contribution in [1.29, 1.82) is 0 Å². The van der Waals surface area contributed by atoms with Crippen LogP contribution in [0, 0.1) is 13.7 Å². The van der Waals surface area contributed by atoms with E-state index in [9.17, 15) is 14.9 Å². The van der Waals surface area contributed by atoms with E-state index in [4.69, 9.17) is 4.74 Å². The van der Waals surface area contributed by atoms with Gasteiger partial charge in [0, 0.05) is 45.4 Å². The summed E-state index contributed by atoms with van der Waals surface area (Å²) in [6, 6.07) is 14.9. The van der Waals surface area contributed by atoms with Crippen molar-refractivity contribution in [2.75, 3.05) is 5.32 Å². The third-order valence-corrected chi connectivity index (χ3v) is 4.57. The third-order valence-electron chi connectivity index (χ3n) is 3.63. The highest BCUT2D eigenvalue weighted by atomic mass is 127. The number of carbonyl (C=O) groups excluding carboxylic acids is 1. The number of nitro groups is 1. The minimum atomic E-state index is -0.528. The van der Waals surface area contributed by atoms with E-state index in [1.807, 2.05) is 34.7 Å². The zero-order valence-electron chi connectivity index (χ0n) is 14.0. The number of nitro benzene ring substituents is 1. The molecule has 1 N–H and O–H groups in total. The number of nitrogens with zero attached hydrogens (tertiary/aromatic N) is 2. The van der Waals surface area contributed by atoms with E-state index < -0.39 is 10.8 Å². The number of hydrogen-bond donors (Lipinski definition) is 1. The normalized spacial score (nSPS) is 10.3. The van der Waals surface area contributed by atoms with Crippen molar-refractivity contribution >= 4 is 39.9 Å². The maximum atomic E-state index is 12.5. The Bertz CT molecular complexity index is 980. The summed E-state index contributed by atoms with van der Waals surface area (Å²) in [5, 5.41) is 13.7. The molecule has 3 aromatic rings. The van der Waals surface area contributed by atoms with Crippen LogP contribution in [0.1, 0.15) is 15.9 Å². The van der Waals surface area contributed by atoms with Crippen molar-refractivity contribution in [2.24, 2.45) is 0 Å². The lowest BCUT2D eigenvalue weighted by Crippen LogP contribution is -2.14. The summed E-state index contributed by atoms with van der Waals surface area (Å²) in [4.78, 5) is 26.9. The quantitative estimate of drug-likeness (QED) is 0.324. The van der Waals surface area contributed by atoms with Gasteiger partial charge in [-0.1, -0.05) is 12.1 Å². The Balaban J connectivity index is 1.71. The van der Waals surface area contributed by atoms with Crippen molar-refractivity contribution in [1.82, 2.24) is 4.98 Å². The highest BCUT2D eigenvalue weighted by Gasteiger charge is 2.16. The van der Waals surface area contributed by atoms with Crippen LogP contribution in [0.2, 0.25) is 0 Å². The highest BCUT2D eigenvalue weighted by molar-refractivity contribution is 14.1. The summed E-state index contributed by atoms with van der Waals surface area (Å²) in [5.74, 6) is 0.165. The predicted octanol–water partition coefficient (Wildman–Crippen LogP) is 4.43. The zero-order chi connectivity index (χ0) is 19.2. The fourth-order valence-electron chi connectivity index (χ4n) is 2.31. The lowest BCUT2D eigenvalue weighted by atomic mass is 10.2. The van der Waals surface area contributed by atoms with E-state index in [0.717, 1.165) is 5.56 Å². The number of carbonyl (C=O) groups is 1. The molecule has 136 valence electrons. The van der Waals surface area contributed by atoms with E-state index in [2.05, 4.69) is 10.3 Å². The Kier molecular flexibility index (Phi) is 5.97. The van der Waals surface area contributed by atoms with Crippen molar-refractivity contribution in [3.05, 3.63) is 91.8 Å². The van der Waals surface area contributed by atoms with Crippen LogP contribution in [0.15, 0.2) is 67.0 Å². The van der Waals surface area contributed by atoms with Gasteiger partial charge in [-0.2, -0.15) is 0 Å². The molecule has 3 rings (SSSR count). The molecule has 0 bridgehead atoms. The summed E-state index contributed by atoms with van der Waals surface area (Å²) in [7, 11) is 0. The monoisotopic (exact) mass is 475 g/mol. The van der Waals surface area contributed by atoms with E-state index in [0.29, 0.717) is 21.6 Å². The van der Waals surface area contributed by atoms with Crippen LogP contribution in [0.5, 0.6) is 5.75 Å². The van der Waals surface area contributed by atoms with Gasteiger partial charge in [-0.05, 0) is 46.9 Å². The van der Waals surface area contributed by atoms with Crippen LogP contribution in [-0.2, 0) is 6.61 Å².